The van der Waals surface area contributed by atoms with Gasteiger partial charge in [-0.25, -0.2) is 0 Å². The fourth-order valence-corrected chi connectivity index (χ4v) is 5.71. The Bertz CT molecular complexity index is 1030. The fraction of sp³-hybridized carbons (Fsp3) is 0.704. The van der Waals surface area contributed by atoms with E-state index in [1.54, 1.807) is 13.8 Å². The van der Waals surface area contributed by atoms with E-state index < -0.39 is 103 Å². The van der Waals surface area contributed by atoms with Crippen LogP contribution < -0.4 is 21.3 Å². The standard InChI is InChI=1S/C27H42N4O11S/c1-14(2)24(27(42)30-18(11-22(36)37)20(33)13-43-16-7-5-4-6-8-16)31-25(40)17(9-10-21(34)35)29-26(41)19(12-23(38)39)28-15(3)32/h14,16-19,24H,4-13H2,1-3H3,(H,28,32)(H,29,41)(H,30,42)(H,31,40)(H,34,35)(H,36,37)(H,38,39)/t17-,18-,19-,24-/m0/s1. The average molecular weight is 631 g/mol. The number of carboxylic acid groups (broad SMARTS) is 3. The quantitative estimate of drug-likeness (QED) is 0.100. The van der Waals surface area contributed by atoms with E-state index in [0.29, 0.717) is 0 Å². The number of rotatable bonds is 19. The summed E-state index contributed by atoms with van der Waals surface area (Å²) in [7, 11) is 0. The summed E-state index contributed by atoms with van der Waals surface area (Å²) in [5.41, 5.74) is 0. The van der Waals surface area contributed by atoms with Crippen LogP contribution >= 0.6 is 11.8 Å². The second-order valence-corrected chi connectivity index (χ2v) is 12.1. The third-order valence-electron chi connectivity index (χ3n) is 6.70. The molecule has 0 saturated heterocycles. The van der Waals surface area contributed by atoms with E-state index in [9.17, 15) is 43.5 Å². The highest BCUT2D eigenvalue weighted by atomic mass is 32.2. The molecule has 1 saturated carbocycles. The number of thioether (sulfide) groups is 1. The van der Waals surface area contributed by atoms with Gasteiger partial charge in [-0.1, -0.05) is 33.1 Å². The van der Waals surface area contributed by atoms with Gasteiger partial charge in [0.15, 0.2) is 5.78 Å². The molecule has 0 aliphatic heterocycles. The Morgan fingerprint density at radius 2 is 1.23 bits per heavy atom. The molecule has 1 aliphatic rings. The van der Waals surface area contributed by atoms with Crippen molar-refractivity contribution >= 4 is 59.1 Å². The number of aliphatic carboxylic acids is 3. The monoisotopic (exact) mass is 630 g/mol. The van der Waals surface area contributed by atoms with Gasteiger partial charge in [-0.15, -0.1) is 0 Å². The van der Waals surface area contributed by atoms with Crippen LogP contribution in [0.25, 0.3) is 0 Å². The van der Waals surface area contributed by atoms with Crippen LogP contribution in [0.2, 0.25) is 0 Å². The molecule has 1 aliphatic carbocycles. The molecule has 0 bridgehead atoms. The molecule has 242 valence electrons. The molecule has 4 amide bonds. The zero-order chi connectivity index (χ0) is 32.7. The van der Waals surface area contributed by atoms with Crippen molar-refractivity contribution in [1.29, 1.82) is 0 Å². The molecule has 0 unspecified atom stereocenters. The summed E-state index contributed by atoms with van der Waals surface area (Å²) in [6.45, 7) is 4.20. The lowest BCUT2D eigenvalue weighted by Crippen LogP contribution is -2.59. The van der Waals surface area contributed by atoms with Crippen molar-refractivity contribution in [3.8, 4) is 0 Å². The second-order valence-electron chi connectivity index (χ2n) is 10.8. The van der Waals surface area contributed by atoms with Crippen LogP contribution in [-0.2, 0) is 38.4 Å². The van der Waals surface area contributed by atoms with E-state index in [2.05, 4.69) is 21.3 Å². The van der Waals surface area contributed by atoms with Crippen LogP contribution in [0.15, 0.2) is 0 Å². The second kappa shape index (κ2) is 18.8. The fourth-order valence-electron chi connectivity index (χ4n) is 4.44. The number of nitrogens with one attached hydrogen (secondary N) is 4. The highest BCUT2D eigenvalue weighted by Gasteiger charge is 2.34. The number of amides is 4. The van der Waals surface area contributed by atoms with Crippen LogP contribution in [0, 0.1) is 5.92 Å². The maximum absolute atomic E-state index is 13.2. The van der Waals surface area contributed by atoms with Crippen molar-refractivity contribution in [2.75, 3.05) is 5.75 Å². The lowest BCUT2D eigenvalue weighted by atomic mass is 10.0. The van der Waals surface area contributed by atoms with Gasteiger partial charge in [0.2, 0.25) is 23.6 Å². The molecule has 1 fully saturated rings. The average Bonchev–Trinajstić information content (AvgIpc) is 2.91. The number of hydrogen-bond donors (Lipinski definition) is 7. The summed E-state index contributed by atoms with van der Waals surface area (Å²) in [5.74, 6) is -8.68. The molecule has 0 spiro atoms. The van der Waals surface area contributed by atoms with Crippen molar-refractivity contribution in [1.82, 2.24) is 21.3 Å². The first-order valence-electron chi connectivity index (χ1n) is 14.1. The first kappa shape index (κ1) is 37.3. The minimum absolute atomic E-state index is 0.0106. The van der Waals surface area contributed by atoms with Gasteiger partial charge < -0.3 is 36.6 Å². The van der Waals surface area contributed by atoms with Gasteiger partial charge in [0.1, 0.15) is 18.1 Å². The van der Waals surface area contributed by atoms with E-state index >= 15 is 0 Å². The largest absolute Gasteiger partial charge is 0.481 e. The third kappa shape index (κ3) is 14.9. The molecular weight excluding hydrogens is 588 g/mol. The first-order chi connectivity index (χ1) is 20.1. The topological polar surface area (TPSA) is 245 Å². The van der Waals surface area contributed by atoms with Crippen molar-refractivity contribution in [2.45, 2.75) is 108 Å². The number of hydrogen-bond acceptors (Lipinski definition) is 9. The Balaban J connectivity index is 3.05. The van der Waals surface area contributed by atoms with Gasteiger partial charge in [-0.05, 0) is 25.2 Å². The predicted molar refractivity (Wildman–Crippen MR) is 154 cm³/mol. The smallest absolute Gasteiger partial charge is 0.305 e. The van der Waals surface area contributed by atoms with Crippen LogP contribution in [0.5, 0.6) is 0 Å². The van der Waals surface area contributed by atoms with Crippen LogP contribution in [0.3, 0.4) is 0 Å². The molecule has 16 heteroatoms. The van der Waals surface area contributed by atoms with Crippen molar-refractivity contribution < 1.29 is 53.7 Å². The lowest BCUT2D eigenvalue weighted by molar-refractivity contribution is -0.142. The number of Topliss-reactive ketones (excluding diaryl/α,β-unsaturated/α-hetero) is 1. The van der Waals surface area contributed by atoms with E-state index in [0.717, 1.165) is 39.0 Å². The summed E-state index contributed by atoms with van der Waals surface area (Å²) in [6, 6.07) is -5.76. The molecule has 0 heterocycles. The highest BCUT2D eigenvalue weighted by Crippen LogP contribution is 2.28. The Hall–Kier alpha value is -3.69. The molecule has 1 rings (SSSR count). The highest BCUT2D eigenvalue weighted by molar-refractivity contribution is 8.00. The molecule has 0 radical (unpaired) electrons. The first-order valence-corrected chi connectivity index (χ1v) is 15.1. The SMILES string of the molecule is CC(=O)N[C@@H](CC(=O)O)C(=O)N[C@@H](CCC(=O)O)C(=O)N[C@H](C(=O)N[C@@H](CC(=O)O)C(=O)CSC1CCCCC1)C(C)C. The van der Waals surface area contributed by atoms with Crippen LogP contribution in [0.4, 0.5) is 0 Å². The number of ketones is 1. The summed E-state index contributed by atoms with van der Waals surface area (Å²) in [5, 5.41) is 37.0. The molecule has 0 aromatic carbocycles. The maximum Gasteiger partial charge on any atom is 0.305 e. The number of carboxylic acids is 3. The van der Waals surface area contributed by atoms with E-state index in [4.69, 9.17) is 10.2 Å². The molecule has 15 nitrogen and oxygen atoms in total. The summed E-state index contributed by atoms with van der Waals surface area (Å²) < 4.78 is 0. The van der Waals surface area contributed by atoms with E-state index in [-0.39, 0.29) is 11.0 Å². The minimum atomic E-state index is -1.56. The van der Waals surface area contributed by atoms with E-state index in [1.165, 1.54) is 11.8 Å². The zero-order valence-electron chi connectivity index (χ0n) is 24.6. The molecule has 7 N–H and O–H groups in total. The third-order valence-corrected chi connectivity index (χ3v) is 8.09. The van der Waals surface area contributed by atoms with E-state index in [1.807, 2.05) is 0 Å². The summed E-state index contributed by atoms with van der Waals surface area (Å²) in [4.78, 5) is 97.3. The summed E-state index contributed by atoms with van der Waals surface area (Å²) >= 11 is 1.43. The Kier molecular flexibility index (Phi) is 16.3. The van der Waals surface area contributed by atoms with Gasteiger partial charge in [-0.2, -0.15) is 11.8 Å². The van der Waals surface area contributed by atoms with Gasteiger partial charge >= 0.3 is 17.9 Å². The summed E-state index contributed by atoms with van der Waals surface area (Å²) in [6.07, 6.45) is 2.66. The zero-order valence-corrected chi connectivity index (χ0v) is 25.4. The normalized spacial score (nSPS) is 16.2. The molecule has 43 heavy (non-hydrogen) atoms. The van der Waals surface area contributed by atoms with Crippen molar-refractivity contribution in [3.63, 3.8) is 0 Å². The predicted octanol–water partition coefficient (Wildman–Crippen LogP) is 0.0507. The van der Waals surface area contributed by atoms with Crippen LogP contribution in [-0.4, -0.2) is 97.8 Å². The Morgan fingerprint density at radius 1 is 0.698 bits per heavy atom. The molecule has 4 atom stereocenters. The maximum atomic E-state index is 13.2. The van der Waals surface area contributed by atoms with Crippen LogP contribution in [0.1, 0.15) is 78.6 Å². The van der Waals surface area contributed by atoms with Gasteiger partial charge in [0, 0.05) is 18.6 Å². The number of carbonyl (C=O) groups excluding carboxylic acids is 5. The minimum Gasteiger partial charge on any atom is -0.481 e. The Morgan fingerprint density at radius 3 is 1.74 bits per heavy atom. The molecular formula is C27H42N4O11S. The van der Waals surface area contributed by atoms with Gasteiger partial charge in [0.25, 0.3) is 0 Å². The Labute approximate surface area is 253 Å². The van der Waals surface area contributed by atoms with Crippen molar-refractivity contribution in [3.05, 3.63) is 0 Å². The van der Waals surface area contributed by atoms with Gasteiger partial charge in [0.05, 0.1) is 24.6 Å². The number of carbonyl (C=O) groups is 8. The molecule has 0 aromatic rings. The van der Waals surface area contributed by atoms with Gasteiger partial charge in [-0.3, -0.25) is 38.4 Å². The van der Waals surface area contributed by atoms with Crippen molar-refractivity contribution in [2.24, 2.45) is 5.92 Å². The lowest BCUT2D eigenvalue weighted by Gasteiger charge is -2.28. The molecule has 0 aromatic heterocycles.